The van der Waals surface area contributed by atoms with Crippen molar-refractivity contribution in [2.75, 3.05) is 6.61 Å². The van der Waals surface area contributed by atoms with Crippen molar-refractivity contribution in [2.24, 2.45) is 5.92 Å². The van der Waals surface area contributed by atoms with Gasteiger partial charge in [0.25, 0.3) is 0 Å². The molecule has 0 bridgehead atoms. The van der Waals surface area contributed by atoms with E-state index in [1.165, 1.54) is 19.3 Å². The number of ether oxygens (including phenoxy) is 1. The van der Waals surface area contributed by atoms with E-state index in [-0.39, 0.29) is 5.60 Å². The lowest BCUT2D eigenvalue weighted by molar-refractivity contribution is -0.0265. The zero-order valence-corrected chi connectivity index (χ0v) is 9.31. The second-order valence-corrected chi connectivity index (χ2v) is 4.29. The summed E-state index contributed by atoms with van der Waals surface area (Å²) in [6.07, 6.45) is 3.77. The standard InChI is InChI=1S/C11H24O/c1-6-8-10(3)9-11(4,5)12-7-2/h10H,6-9H2,1-5H3. The third kappa shape index (κ3) is 5.59. The Morgan fingerprint density at radius 3 is 2.25 bits per heavy atom. The van der Waals surface area contributed by atoms with Gasteiger partial charge in [0, 0.05) is 6.61 Å². The van der Waals surface area contributed by atoms with E-state index < -0.39 is 0 Å². The maximum Gasteiger partial charge on any atom is 0.0628 e. The van der Waals surface area contributed by atoms with E-state index in [9.17, 15) is 0 Å². The molecule has 0 N–H and O–H groups in total. The Balaban J connectivity index is 3.70. The highest BCUT2D eigenvalue weighted by molar-refractivity contribution is 4.71. The molecule has 0 spiro atoms. The molecule has 0 aliphatic heterocycles. The van der Waals surface area contributed by atoms with Crippen LogP contribution in [0.5, 0.6) is 0 Å². The van der Waals surface area contributed by atoms with E-state index in [1.807, 2.05) is 0 Å². The summed E-state index contributed by atoms with van der Waals surface area (Å²) in [5.41, 5.74) is 0.0728. The first-order valence-corrected chi connectivity index (χ1v) is 5.15. The fraction of sp³-hybridized carbons (Fsp3) is 1.00. The lowest BCUT2D eigenvalue weighted by Crippen LogP contribution is -2.27. The molecule has 0 radical (unpaired) electrons. The fourth-order valence-electron chi connectivity index (χ4n) is 1.88. The van der Waals surface area contributed by atoms with Gasteiger partial charge in [-0.3, -0.25) is 0 Å². The Kier molecular flexibility index (Phi) is 5.56. The van der Waals surface area contributed by atoms with Crippen LogP contribution in [-0.4, -0.2) is 12.2 Å². The zero-order chi connectivity index (χ0) is 9.61. The minimum atomic E-state index is 0.0728. The molecule has 12 heavy (non-hydrogen) atoms. The smallest absolute Gasteiger partial charge is 0.0628 e. The molecular formula is C11H24O. The van der Waals surface area contributed by atoms with Crippen LogP contribution in [0.3, 0.4) is 0 Å². The van der Waals surface area contributed by atoms with E-state index in [0.29, 0.717) is 0 Å². The van der Waals surface area contributed by atoms with E-state index in [1.54, 1.807) is 0 Å². The quantitative estimate of drug-likeness (QED) is 0.594. The molecule has 0 heterocycles. The van der Waals surface area contributed by atoms with E-state index >= 15 is 0 Å². The van der Waals surface area contributed by atoms with Crippen molar-refractivity contribution < 1.29 is 4.74 Å². The van der Waals surface area contributed by atoms with Crippen LogP contribution in [0.4, 0.5) is 0 Å². The predicted molar refractivity (Wildman–Crippen MR) is 54.4 cm³/mol. The van der Waals surface area contributed by atoms with Gasteiger partial charge in [-0.2, -0.15) is 0 Å². The summed E-state index contributed by atoms with van der Waals surface area (Å²) in [6.45, 7) is 11.8. The van der Waals surface area contributed by atoms with Crippen molar-refractivity contribution >= 4 is 0 Å². The normalized spacial score (nSPS) is 14.8. The van der Waals surface area contributed by atoms with Crippen LogP contribution in [0.1, 0.15) is 53.9 Å². The molecule has 0 aromatic heterocycles. The number of rotatable bonds is 6. The summed E-state index contributed by atoms with van der Waals surface area (Å²) < 4.78 is 5.65. The minimum absolute atomic E-state index is 0.0728. The number of hydrogen-bond acceptors (Lipinski definition) is 1. The van der Waals surface area contributed by atoms with Gasteiger partial charge in [0.2, 0.25) is 0 Å². The molecule has 0 saturated carbocycles. The average Bonchev–Trinajstić information content (AvgIpc) is 1.85. The van der Waals surface area contributed by atoms with Crippen molar-refractivity contribution in [3.8, 4) is 0 Å². The molecule has 0 saturated heterocycles. The topological polar surface area (TPSA) is 9.23 Å². The lowest BCUT2D eigenvalue weighted by Gasteiger charge is -2.27. The molecule has 0 rings (SSSR count). The van der Waals surface area contributed by atoms with Crippen molar-refractivity contribution in [2.45, 2.75) is 59.5 Å². The Labute approximate surface area is 77.5 Å². The molecule has 1 atom stereocenters. The zero-order valence-electron chi connectivity index (χ0n) is 9.31. The Morgan fingerprint density at radius 2 is 1.83 bits per heavy atom. The van der Waals surface area contributed by atoms with Crippen molar-refractivity contribution in [3.05, 3.63) is 0 Å². The molecule has 0 aliphatic carbocycles. The molecular weight excluding hydrogens is 148 g/mol. The first-order chi connectivity index (χ1) is 5.52. The molecule has 0 amide bonds. The molecule has 0 aliphatic rings. The van der Waals surface area contributed by atoms with Gasteiger partial charge in [-0.25, -0.2) is 0 Å². The van der Waals surface area contributed by atoms with Gasteiger partial charge in [0.05, 0.1) is 5.60 Å². The van der Waals surface area contributed by atoms with Crippen LogP contribution in [0, 0.1) is 5.92 Å². The van der Waals surface area contributed by atoms with E-state index in [4.69, 9.17) is 4.74 Å². The summed E-state index contributed by atoms with van der Waals surface area (Å²) in [7, 11) is 0. The highest BCUT2D eigenvalue weighted by atomic mass is 16.5. The highest BCUT2D eigenvalue weighted by Gasteiger charge is 2.20. The van der Waals surface area contributed by atoms with Crippen LogP contribution in [0.15, 0.2) is 0 Å². The van der Waals surface area contributed by atoms with Crippen LogP contribution in [0.2, 0.25) is 0 Å². The summed E-state index contributed by atoms with van der Waals surface area (Å²) in [6, 6.07) is 0. The maximum absolute atomic E-state index is 5.65. The Morgan fingerprint density at radius 1 is 1.25 bits per heavy atom. The first-order valence-electron chi connectivity index (χ1n) is 5.15. The van der Waals surface area contributed by atoms with Gasteiger partial charge < -0.3 is 4.74 Å². The first kappa shape index (κ1) is 12.0. The molecule has 0 aromatic carbocycles. The van der Waals surface area contributed by atoms with Gasteiger partial charge in [-0.05, 0) is 33.1 Å². The molecule has 1 unspecified atom stereocenters. The SMILES string of the molecule is CCCC(C)CC(C)(C)OCC. The summed E-state index contributed by atoms with van der Waals surface area (Å²) >= 11 is 0. The monoisotopic (exact) mass is 172 g/mol. The minimum Gasteiger partial charge on any atom is -0.376 e. The van der Waals surface area contributed by atoms with E-state index in [0.717, 1.165) is 12.5 Å². The van der Waals surface area contributed by atoms with Crippen molar-refractivity contribution in [1.82, 2.24) is 0 Å². The van der Waals surface area contributed by atoms with Crippen LogP contribution < -0.4 is 0 Å². The largest absolute Gasteiger partial charge is 0.376 e. The predicted octanol–water partition coefficient (Wildman–Crippen LogP) is 3.63. The molecule has 0 aromatic rings. The van der Waals surface area contributed by atoms with Gasteiger partial charge in [-0.15, -0.1) is 0 Å². The summed E-state index contributed by atoms with van der Waals surface area (Å²) in [5, 5.41) is 0. The van der Waals surface area contributed by atoms with Crippen molar-refractivity contribution in [1.29, 1.82) is 0 Å². The summed E-state index contributed by atoms with van der Waals surface area (Å²) in [4.78, 5) is 0. The fourth-order valence-corrected chi connectivity index (χ4v) is 1.88. The average molecular weight is 172 g/mol. The Bertz CT molecular complexity index is 108. The van der Waals surface area contributed by atoms with Crippen LogP contribution in [0.25, 0.3) is 0 Å². The van der Waals surface area contributed by atoms with Gasteiger partial charge in [-0.1, -0.05) is 26.7 Å². The van der Waals surface area contributed by atoms with Gasteiger partial charge >= 0.3 is 0 Å². The van der Waals surface area contributed by atoms with Gasteiger partial charge in [0.1, 0.15) is 0 Å². The van der Waals surface area contributed by atoms with E-state index in [2.05, 4.69) is 34.6 Å². The third-order valence-electron chi connectivity index (χ3n) is 2.16. The van der Waals surface area contributed by atoms with Crippen LogP contribution in [-0.2, 0) is 4.74 Å². The molecule has 74 valence electrons. The van der Waals surface area contributed by atoms with Gasteiger partial charge in [0.15, 0.2) is 0 Å². The maximum atomic E-state index is 5.65. The second-order valence-electron chi connectivity index (χ2n) is 4.29. The summed E-state index contributed by atoms with van der Waals surface area (Å²) in [5.74, 6) is 0.788. The van der Waals surface area contributed by atoms with Crippen LogP contribution >= 0.6 is 0 Å². The second kappa shape index (κ2) is 5.58. The number of hydrogen-bond donors (Lipinski definition) is 0. The third-order valence-corrected chi connectivity index (χ3v) is 2.16. The molecule has 1 nitrogen and oxygen atoms in total. The molecule has 0 fully saturated rings. The Hall–Kier alpha value is -0.0400. The highest BCUT2D eigenvalue weighted by Crippen LogP contribution is 2.22. The molecule has 1 heteroatoms. The lowest BCUT2D eigenvalue weighted by atomic mass is 9.91. The van der Waals surface area contributed by atoms with Crippen molar-refractivity contribution in [3.63, 3.8) is 0 Å².